The van der Waals surface area contributed by atoms with E-state index in [-0.39, 0.29) is 28.7 Å². The number of aliphatic carboxylic acids is 1. The van der Waals surface area contributed by atoms with E-state index in [1.807, 2.05) is 47.8 Å². The highest BCUT2D eigenvalue weighted by Gasteiger charge is 2.42. The van der Waals surface area contributed by atoms with Crippen LogP contribution in [0.1, 0.15) is 23.8 Å². The van der Waals surface area contributed by atoms with Gasteiger partial charge in [-0.3, -0.25) is 14.7 Å². The number of esters is 1. The van der Waals surface area contributed by atoms with Crippen molar-refractivity contribution >= 4 is 63.2 Å². The molecule has 8 nitrogen and oxygen atoms in total. The average Bonchev–Trinajstić information content (AvgIpc) is 3.54. The van der Waals surface area contributed by atoms with Gasteiger partial charge in [-0.05, 0) is 23.9 Å². The lowest BCUT2D eigenvalue weighted by Crippen LogP contribution is -2.46. The monoisotopic (exact) mass is 515 g/mol. The molecule has 2 aromatic rings. The number of carbonyl (C=O) groups is 3. The number of nitrogens with zero attached hydrogens (tertiary/aromatic N) is 3. The van der Waals surface area contributed by atoms with Crippen LogP contribution in [0.5, 0.6) is 0 Å². The van der Waals surface area contributed by atoms with E-state index in [1.165, 1.54) is 27.4 Å². The van der Waals surface area contributed by atoms with Crippen LogP contribution in [0.15, 0.2) is 64.1 Å². The molecular formula is C23H21N3O5S3. The number of benzene rings is 1. The SMILES string of the molecule is CCOC(=O)C(Cc1ccccc1)N1C(=O)/C(=C/N2N=C(c3cccs3)CC2C(=O)O)SC1=S. The van der Waals surface area contributed by atoms with Crippen LogP contribution in [0.2, 0.25) is 0 Å². The molecule has 4 rings (SSSR count). The Hall–Kier alpha value is -3.02. The first-order valence-electron chi connectivity index (χ1n) is 10.5. The Labute approximate surface area is 209 Å². The molecule has 2 aliphatic heterocycles. The molecule has 0 aliphatic carbocycles. The van der Waals surface area contributed by atoms with Crippen LogP contribution in [0.4, 0.5) is 0 Å². The number of hydrogen-bond acceptors (Lipinski definition) is 9. The molecule has 2 unspecified atom stereocenters. The van der Waals surface area contributed by atoms with Crippen LogP contribution < -0.4 is 0 Å². The van der Waals surface area contributed by atoms with Gasteiger partial charge in [-0.25, -0.2) is 9.59 Å². The van der Waals surface area contributed by atoms with Crippen LogP contribution in [0.3, 0.4) is 0 Å². The molecule has 1 aromatic heterocycles. The second-order valence-electron chi connectivity index (χ2n) is 7.46. The first-order valence-corrected chi connectivity index (χ1v) is 12.6. The summed E-state index contributed by atoms with van der Waals surface area (Å²) in [6.45, 7) is 1.87. The minimum atomic E-state index is -1.05. The van der Waals surface area contributed by atoms with E-state index in [1.54, 1.807) is 6.92 Å². The Morgan fingerprint density at radius 2 is 2.06 bits per heavy atom. The van der Waals surface area contributed by atoms with Crippen molar-refractivity contribution in [1.82, 2.24) is 9.91 Å². The molecule has 1 amide bonds. The second kappa shape index (κ2) is 10.5. The zero-order chi connectivity index (χ0) is 24.2. The third-order valence-corrected chi connectivity index (χ3v) is 7.48. The fourth-order valence-corrected chi connectivity index (χ4v) is 5.70. The molecule has 1 saturated heterocycles. The Morgan fingerprint density at radius 3 is 2.71 bits per heavy atom. The van der Waals surface area contributed by atoms with Gasteiger partial charge in [0.25, 0.3) is 5.91 Å². The first kappa shape index (κ1) is 24.1. The Balaban J connectivity index is 1.62. The summed E-state index contributed by atoms with van der Waals surface area (Å²) in [6, 6.07) is 11.2. The van der Waals surface area contributed by atoms with E-state index in [0.717, 1.165) is 22.2 Å². The zero-order valence-corrected chi connectivity index (χ0v) is 20.6. The topological polar surface area (TPSA) is 99.5 Å². The fourth-order valence-electron chi connectivity index (χ4n) is 3.65. The van der Waals surface area contributed by atoms with Gasteiger partial charge in [0.15, 0.2) is 6.04 Å². The van der Waals surface area contributed by atoms with Crippen LogP contribution in [0, 0.1) is 0 Å². The number of thioether (sulfide) groups is 1. The Morgan fingerprint density at radius 1 is 1.29 bits per heavy atom. The lowest BCUT2D eigenvalue weighted by atomic mass is 10.0. The molecule has 1 aromatic carbocycles. The van der Waals surface area contributed by atoms with Crippen LogP contribution in [0.25, 0.3) is 0 Å². The van der Waals surface area contributed by atoms with Gasteiger partial charge in [0.2, 0.25) is 0 Å². The Kier molecular flexibility index (Phi) is 7.44. The summed E-state index contributed by atoms with van der Waals surface area (Å²) in [7, 11) is 0. The number of hydrazone groups is 1. The zero-order valence-electron chi connectivity index (χ0n) is 18.1. The number of ether oxygens (including phenoxy) is 1. The predicted octanol–water partition coefficient (Wildman–Crippen LogP) is 3.49. The average molecular weight is 516 g/mol. The molecule has 176 valence electrons. The number of carboxylic acid groups (broad SMARTS) is 1. The predicted molar refractivity (Wildman–Crippen MR) is 134 cm³/mol. The smallest absolute Gasteiger partial charge is 0.329 e. The molecule has 2 aliphatic rings. The van der Waals surface area contributed by atoms with Crippen LogP contribution >= 0.6 is 35.3 Å². The van der Waals surface area contributed by atoms with E-state index in [9.17, 15) is 19.5 Å². The molecule has 34 heavy (non-hydrogen) atoms. The van der Waals surface area contributed by atoms with Crippen LogP contribution in [-0.2, 0) is 25.5 Å². The van der Waals surface area contributed by atoms with E-state index in [0.29, 0.717) is 5.71 Å². The lowest BCUT2D eigenvalue weighted by Gasteiger charge is -2.25. The summed E-state index contributed by atoms with van der Waals surface area (Å²) in [5.74, 6) is -2.07. The fraction of sp³-hybridized carbons (Fsp3) is 0.261. The maximum absolute atomic E-state index is 13.4. The van der Waals surface area contributed by atoms with Gasteiger partial charge >= 0.3 is 11.9 Å². The lowest BCUT2D eigenvalue weighted by molar-refractivity contribution is -0.150. The maximum Gasteiger partial charge on any atom is 0.329 e. The molecule has 1 fully saturated rings. The summed E-state index contributed by atoms with van der Waals surface area (Å²) in [5, 5.41) is 17.3. The van der Waals surface area contributed by atoms with Gasteiger partial charge in [-0.2, -0.15) is 5.10 Å². The highest BCUT2D eigenvalue weighted by Crippen LogP contribution is 2.35. The van der Waals surface area contributed by atoms with Crippen molar-refractivity contribution in [3.8, 4) is 0 Å². The summed E-state index contributed by atoms with van der Waals surface area (Å²) >= 11 is 7.94. The minimum absolute atomic E-state index is 0.170. The number of thiocarbonyl (C=S) groups is 1. The number of amides is 1. The van der Waals surface area contributed by atoms with Crippen molar-refractivity contribution in [2.45, 2.75) is 31.8 Å². The van der Waals surface area contributed by atoms with Crippen molar-refractivity contribution in [2.75, 3.05) is 6.61 Å². The highest BCUT2D eigenvalue weighted by molar-refractivity contribution is 8.26. The minimum Gasteiger partial charge on any atom is -0.480 e. The Bertz CT molecular complexity index is 1160. The number of thiophene rings is 1. The maximum atomic E-state index is 13.4. The molecular weight excluding hydrogens is 494 g/mol. The van der Waals surface area contributed by atoms with Gasteiger partial charge in [0, 0.05) is 19.0 Å². The number of carboxylic acids is 1. The van der Waals surface area contributed by atoms with E-state index < -0.39 is 29.9 Å². The van der Waals surface area contributed by atoms with Gasteiger partial charge in [0.05, 0.1) is 22.1 Å². The summed E-state index contributed by atoms with van der Waals surface area (Å²) in [4.78, 5) is 40.3. The van der Waals surface area contributed by atoms with Crippen LogP contribution in [-0.4, -0.2) is 61.6 Å². The van der Waals surface area contributed by atoms with Crippen molar-refractivity contribution in [1.29, 1.82) is 0 Å². The van der Waals surface area contributed by atoms with Crippen molar-refractivity contribution < 1.29 is 24.2 Å². The molecule has 0 spiro atoms. The molecule has 0 saturated carbocycles. The summed E-state index contributed by atoms with van der Waals surface area (Å²) < 4.78 is 5.44. The molecule has 3 heterocycles. The number of carbonyl (C=O) groups excluding carboxylic acids is 2. The number of rotatable bonds is 8. The third kappa shape index (κ3) is 5.06. The van der Waals surface area contributed by atoms with Crippen molar-refractivity contribution in [2.24, 2.45) is 5.10 Å². The second-order valence-corrected chi connectivity index (χ2v) is 10.1. The van der Waals surface area contributed by atoms with E-state index >= 15 is 0 Å². The number of hydrogen-bond donors (Lipinski definition) is 1. The quantitative estimate of drug-likeness (QED) is 0.324. The van der Waals surface area contributed by atoms with Gasteiger partial charge in [0.1, 0.15) is 10.4 Å². The third-order valence-electron chi connectivity index (χ3n) is 5.25. The van der Waals surface area contributed by atoms with Crippen molar-refractivity contribution in [3.63, 3.8) is 0 Å². The molecule has 0 radical (unpaired) electrons. The molecule has 2 atom stereocenters. The summed E-state index contributed by atoms with van der Waals surface area (Å²) in [6.07, 6.45) is 1.86. The summed E-state index contributed by atoms with van der Waals surface area (Å²) in [5.41, 5.74) is 1.50. The highest BCUT2D eigenvalue weighted by atomic mass is 32.2. The normalized spacial score (nSPS) is 20.1. The van der Waals surface area contributed by atoms with Gasteiger partial charge in [-0.1, -0.05) is 60.4 Å². The molecule has 0 bridgehead atoms. The van der Waals surface area contributed by atoms with Crippen molar-refractivity contribution in [3.05, 3.63) is 69.4 Å². The van der Waals surface area contributed by atoms with E-state index in [4.69, 9.17) is 17.0 Å². The van der Waals surface area contributed by atoms with Gasteiger partial charge in [-0.15, -0.1) is 11.3 Å². The first-order chi connectivity index (χ1) is 16.4. The standard InChI is InChI=1S/C23H21N3O5S3/c1-2-31-22(30)17(11-14-7-4-3-5-8-14)26-20(27)19(34-23(26)32)13-25-16(21(28)29)12-15(24-25)18-9-6-10-33-18/h3-10,13,16-17H,2,11-12H2,1H3,(H,28,29)/b19-13-. The van der Waals surface area contributed by atoms with Gasteiger partial charge < -0.3 is 9.84 Å². The van der Waals surface area contributed by atoms with E-state index in [2.05, 4.69) is 5.10 Å². The molecule has 1 N–H and O–H groups in total. The molecule has 11 heteroatoms. The largest absolute Gasteiger partial charge is 0.480 e.